The molecule has 17 heavy (non-hydrogen) atoms. The largest absolute Gasteiger partial charge is 0.454 e. The van der Waals surface area contributed by atoms with Gasteiger partial charge in [-0.2, -0.15) is 8.42 Å². The molecule has 0 amide bonds. The summed E-state index contributed by atoms with van der Waals surface area (Å²) in [5, 5.41) is 0. The van der Waals surface area contributed by atoms with E-state index in [0.29, 0.717) is 0 Å². The molecule has 1 unspecified atom stereocenters. The second-order valence-corrected chi connectivity index (χ2v) is 4.99. The van der Waals surface area contributed by atoms with Crippen LogP contribution in [0.2, 0.25) is 0 Å². The van der Waals surface area contributed by atoms with Gasteiger partial charge >= 0.3 is 16.4 Å². The zero-order valence-electron chi connectivity index (χ0n) is 10.4. The second-order valence-electron chi connectivity index (χ2n) is 3.94. The van der Waals surface area contributed by atoms with Crippen LogP contribution in [0.25, 0.3) is 0 Å². The molecule has 0 aromatic rings. The predicted octanol–water partition coefficient (Wildman–Crippen LogP) is 1.25. The van der Waals surface area contributed by atoms with Crippen LogP contribution in [0.5, 0.6) is 0 Å². The minimum Gasteiger partial charge on any atom is -0.454 e. The third-order valence-electron chi connectivity index (χ3n) is 1.95. The lowest BCUT2D eigenvalue weighted by Gasteiger charge is -2.30. The monoisotopic (exact) mass is 269 g/mol. The second kappa shape index (κ2) is 6.10. The van der Waals surface area contributed by atoms with Crippen LogP contribution in [0.15, 0.2) is 12.2 Å². The van der Waals surface area contributed by atoms with Gasteiger partial charge in [-0.05, 0) is 27.7 Å². The molecule has 0 spiro atoms. The van der Waals surface area contributed by atoms with Crippen molar-refractivity contribution in [1.29, 1.82) is 0 Å². The number of carbonyl (C=O) groups excluding carboxylic acids is 1. The summed E-state index contributed by atoms with van der Waals surface area (Å²) in [6.07, 6.45) is -1.02. The Labute approximate surface area is 101 Å². The molecular formula is C9H19NO6S. The molecule has 4 N–H and O–H groups in total. The Balaban J connectivity index is 0. The van der Waals surface area contributed by atoms with Crippen molar-refractivity contribution >= 4 is 16.4 Å². The molecule has 0 rings (SSSR count). The third kappa shape index (κ3) is 7.05. The Morgan fingerprint density at radius 2 is 1.82 bits per heavy atom. The lowest BCUT2D eigenvalue weighted by molar-refractivity contribution is -0.159. The van der Waals surface area contributed by atoms with Gasteiger partial charge in [0.05, 0.1) is 0 Å². The standard InChI is InChI=1S/C9H16O6S.H3N/c1-6(2)8(10)14-9(4,5)7(3)15-16(11,12)13;/h7H,1H2,2-5H3,(H,11,12,13);1H3. The van der Waals surface area contributed by atoms with Gasteiger partial charge in [0.2, 0.25) is 0 Å². The summed E-state index contributed by atoms with van der Waals surface area (Å²) in [4.78, 5) is 11.2. The van der Waals surface area contributed by atoms with E-state index in [1.165, 1.54) is 27.7 Å². The predicted molar refractivity (Wildman–Crippen MR) is 62.1 cm³/mol. The Bertz CT molecular complexity index is 386. The van der Waals surface area contributed by atoms with Crippen LogP contribution in [-0.2, 0) is 24.1 Å². The lowest BCUT2D eigenvalue weighted by atomic mass is 10.0. The van der Waals surface area contributed by atoms with E-state index in [4.69, 9.17) is 9.29 Å². The fourth-order valence-electron chi connectivity index (χ4n) is 0.707. The first kappa shape index (κ1) is 18.4. The summed E-state index contributed by atoms with van der Waals surface area (Å²) < 4.78 is 38.7. The van der Waals surface area contributed by atoms with Crippen LogP contribution >= 0.6 is 0 Å². The quantitative estimate of drug-likeness (QED) is 0.437. The Hall–Kier alpha value is -0.960. The number of esters is 1. The smallest absolute Gasteiger partial charge is 0.397 e. The molecule has 7 nitrogen and oxygen atoms in total. The van der Waals surface area contributed by atoms with E-state index in [1.807, 2.05) is 0 Å². The van der Waals surface area contributed by atoms with Crippen LogP contribution < -0.4 is 6.15 Å². The van der Waals surface area contributed by atoms with Gasteiger partial charge in [-0.1, -0.05) is 6.58 Å². The summed E-state index contributed by atoms with van der Waals surface area (Å²) >= 11 is 0. The number of ether oxygens (including phenoxy) is 1. The molecule has 0 saturated carbocycles. The van der Waals surface area contributed by atoms with Crippen LogP contribution in [0.3, 0.4) is 0 Å². The Morgan fingerprint density at radius 3 is 2.12 bits per heavy atom. The van der Waals surface area contributed by atoms with Crippen LogP contribution in [0, 0.1) is 0 Å². The molecular weight excluding hydrogens is 250 g/mol. The maximum absolute atomic E-state index is 11.2. The zero-order valence-corrected chi connectivity index (χ0v) is 11.2. The van der Waals surface area contributed by atoms with Crippen molar-refractivity contribution in [3.63, 3.8) is 0 Å². The highest BCUT2D eigenvalue weighted by Crippen LogP contribution is 2.20. The van der Waals surface area contributed by atoms with Crippen LogP contribution in [0.1, 0.15) is 27.7 Å². The molecule has 0 bridgehead atoms. The fraction of sp³-hybridized carbons (Fsp3) is 0.667. The molecule has 0 aliphatic rings. The number of hydrogen-bond acceptors (Lipinski definition) is 6. The minimum atomic E-state index is -4.58. The van der Waals surface area contributed by atoms with Gasteiger partial charge in [-0.15, -0.1) is 0 Å². The molecule has 0 heterocycles. The molecule has 0 fully saturated rings. The van der Waals surface area contributed by atoms with E-state index in [2.05, 4.69) is 10.8 Å². The molecule has 102 valence electrons. The van der Waals surface area contributed by atoms with E-state index in [1.54, 1.807) is 0 Å². The van der Waals surface area contributed by atoms with Crippen molar-refractivity contribution in [2.45, 2.75) is 39.4 Å². The summed E-state index contributed by atoms with van der Waals surface area (Å²) in [6.45, 7) is 9.14. The van der Waals surface area contributed by atoms with Crippen molar-refractivity contribution in [3.8, 4) is 0 Å². The van der Waals surface area contributed by atoms with Crippen molar-refractivity contribution in [1.82, 2.24) is 6.15 Å². The van der Waals surface area contributed by atoms with Gasteiger partial charge in [-0.3, -0.25) is 4.55 Å². The molecule has 0 aromatic carbocycles. The summed E-state index contributed by atoms with van der Waals surface area (Å²) in [7, 11) is -4.58. The molecule has 0 radical (unpaired) electrons. The van der Waals surface area contributed by atoms with Gasteiger partial charge in [0, 0.05) is 5.57 Å². The number of carbonyl (C=O) groups is 1. The maximum Gasteiger partial charge on any atom is 0.397 e. The van der Waals surface area contributed by atoms with E-state index >= 15 is 0 Å². The minimum absolute atomic E-state index is 0. The number of hydrogen-bond donors (Lipinski definition) is 2. The highest BCUT2D eigenvalue weighted by Gasteiger charge is 2.34. The summed E-state index contributed by atoms with van der Waals surface area (Å²) in [5.74, 6) is -0.657. The SMILES string of the molecule is C=C(C)C(=O)OC(C)(C)C(C)OS(=O)(=O)O.N. The molecule has 8 heteroatoms. The zero-order chi connectivity index (χ0) is 13.1. The van der Waals surface area contributed by atoms with Gasteiger partial charge in [0.15, 0.2) is 0 Å². The molecule has 0 aliphatic carbocycles. The normalized spacial score (nSPS) is 13.5. The van der Waals surface area contributed by atoms with E-state index < -0.39 is 28.1 Å². The third-order valence-corrected chi connectivity index (χ3v) is 2.48. The molecule has 0 aliphatic heterocycles. The molecule has 0 aromatic heterocycles. The van der Waals surface area contributed by atoms with Crippen molar-refractivity contribution < 1.29 is 26.7 Å². The van der Waals surface area contributed by atoms with E-state index in [9.17, 15) is 13.2 Å². The maximum atomic E-state index is 11.2. The topological polar surface area (TPSA) is 125 Å². The van der Waals surface area contributed by atoms with Gasteiger partial charge in [0.1, 0.15) is 11.7 Å². The van der Waals surface area contributed by atoms with Gasteiger partial charge in [0.25, 0.3) is 0 Å². The molecule has 1 atom stereocenters. The Morgan fingerprint density at radius 1 is 1.41 bits per heavy atom. The van der Waals surface area contributed by atoms with E-state index in [-0.39, 0.29) is 11.7 Å². The highest BCUT2D eigenvalue weighted by atomic mass is 32.3. The average molecular weight is 269 g/mol. The van der Waals surface area contributed by atoms with Crippen molar-refractivity contribution in [3.05, 3.63) is 12.2 Å². The summed E-state index contributed by atoms with van der Waals surface area (Å²) in [6, 6.07) is 0. The molecule has 0 saturated heterocycles. The first-order valence-corrected chi connectivity index (χ1v) is 5.87. The van der Waals surface area contributed by atoms with Gasteiger partial charge < -0.3 is 10.9 Å². The van der Waals surface area contributed by atoms with E-state index in [0.717, 1.165) is 0 Å². The van der Waals surface area contributed by atoms with Gasteiger partial charge in [-0.25, -0.2) is 8.98 Å². The fourth-order valence-corrected chi connectivity index (χ4v) is 1.30. The van der Waals surface area contributed by atoms with Crippen molar-refractivity contribution in [2.75, 3.05) is 0 Å². The highest BCUT2D eigenvalue weighted by molar-refractivity contribution is 7.80. The lowest BCUT2D eigenvalue weighted by Crippen LogP contribution is -2.41. The van der Waals surface area contributed by atoms with Crippen molar-refractivity contribution in [2.24, 2.45) is 0 Å². The van der Waals surface area contributed by atoms with Crippen LogP contribution in [-0.4, -0.2) is 30.6 Å². The average Bonchev–Trinajstić information content (AvgIpc) is 1.99. The number of rotatable bonds is 5. The summed E-state index contributed by atoms with van der Waals surface area (Å²) in [5.41, 5.74) is -1.02. The Kier molecular flexibility index (Phi) is 6.61. The first-order valence-electron chi connectivity index (χ1n) is 4.50. The first-order chi connectivity index (χ1) is 6.96. The van der Waals surface area contributed by atoms with Crippen LogP contribution in [0.4, 0.5) is 0 Å².